The molecule has 2 aromatic carbocycles. The third kappa shape index (κ3) is 5.10. The number of azo groups is 1. The molecular formula is C20H17N3O6. The summed E-state index contributed by atoms with van der Waals surface area (Å²) in [5.41, 5.74) is 1.91. The van der Waals surface area contributed by atoms with Crippen molar-refractivity contribution in [1.29, 1.82) is 0 Å². The summed E-state index contributed by atoms with van der Waals surface area (Å²) in [6, 6.07) is 11.0. The van der Waals surface area contributed by atoms with Crippen LogP contribution in [0.1, 0.15) is 35.2 Å². The van der Waals surface area contributed by atoms with Crippen LogP contribution in [0.25, 0.3) is 0 Å². The molecule has 0 bridgehead atoms. The van der Waals surface area contributed by atoms with Crippen LogP contribution in [-0.2, 0) is 25.6 Å². The first-order valence-corrected chi connectivity index (χ1v) is 8.82. The Kier molecular flexibility index (Phi) is 6.08. The molecule has 2 amide bonds. The Morgan fingerprint density at radius 2 is 1.76 bits per heavy atom. The van der Waals surface area contributed by atoms with Crippen LogP contribution in [0.4, 0.5) is 11.4 Å². The predicted molar refractivity (Wildman–Crippen MR) is 99.6 cm³/mol. The minimum Gasteiger partial charge on any atom is -0.506 e. The standard InChI is InChI=1S/C20H17N3O6/c24-12-14-1-5-15(6-2-14)21-22-16-11-13(3-7-17(16)25)4-10-20(28)29-23-18(26)8-9-19(23)27/h1-3,5-7,11-12,25H,4,8-10H2/b22-21+. The van der Waals surface area contributed by atoms with Crippen LogP contribution in [0, 0.1) is 0 Å². The molecule has 9 nitrogen and oxygen atoms in total. The van der Waals surface area contributed by atoms with Crippen LogP contribution < -0.4 is 0 Å². The molecule has 148 valence electrons. The maximum absolute atomic E-state index is 11.9. The van der Waals surface area contributed by atoms with Crippen LogP contribution in [0.15, 0.2) is 52.7 Å². The smallest absolute Gasteiger partial charge is 0.333 e. The van der Waals surface area contributed by atoms with Gasteiger partial charge in [-0.2, -0.15) is 5.11 Å². The summed E-state index contributed by atoms with van der Waals surface area (Å²) in [6.07, 6.45) is 0.987. The second-order valence-electron chi connectivity index (χ2n) is 6.28. The van der Waals surface area contributed by atoms with Gasteiger partial charge in [0.2, 0.25) is 0 Å². The van der Waals surface area contributed by atoms with Gasteiger partial charge in [0.15, 0.2) is 0 Å². The van der Waals surface area contributed by atoms with E-state index in [1.807, 2.05) is 0 Å². The van der Waals surface area contributed by atoms with Crippen molar-refractivity contribution in [2.45, 2.75) is 25.7 Å². The first-order chi connectivity index (χ1) is 14.0. The molecule has 2 aromatic rings. The van der Waals surface area contributed by atoms with Crippen LogP contribution in [-0.4, -0.2) is 34.2 Å². The van der Waals surface area contributed by atoms with Crippen molar-refractivity contribution >= 4 is 35.4 Å². The van der Waals surface area contributed by atoms with Gasteiger partial charge in [-0.1, -0.05) is 6.07 Å². The number of aryl methyl sites for hydroxylation is 1. The maximum atomic E-state index is 11.9. The van der Waals surface area contributed by atoms with E-state index in [-0.39, 0.29) is 37.1 Å². The molecule has 0 radical (unpaired) electrons. The first-order valence-electron chi connectivity index (χ1n) is 8.82. The number of phenols is 1. The fraction of sp³-hybridized carbons (Fsp3) is 0.200. The van der Waals surface area contributed by atoms with Crippen LogP contribution in [0.2, 0.25) is 0 Å². The Balaban J connectivity index is 1.61. The van der Waals surface area contributed by atoms with Crippen LogP contribution in [0.5, 0.6) is 5.75 Å². The van der Waals surface area contributed by atoms with Gasteiger partial charge in [0, 0.05) is 18.4 Å². The normalized spacial score (nSPS) is 13.9. The Labute approximate surface area is 165 Å². The number of benzene rings is 2. The Morgan fingerprint density at radius 3 is 2.41 bits per heavy atom. The van der Waals surface area contributed by atoms with E-state index in [4.69, 9.17) is 4.84 Å². The molecular weight excluding hydrogens is 378 g/mol. The van der Waals surface area contributed by atoms with Gasteiger partial charge in [0.1, 0.15) is 17.7 Å². The summed E-state index contributed by atoms with van der Waals surface area (Å²) in [5.74, 6) is -1.85. The van der Waals surface area contributed by atoms with Gasteiger partial charge in [-0.05, 0) is 48.4 Å². The Bertz CT molecular complexity index is 968. The number of phenolic OH excluding ortho intramolecular Hbond substituents is 1. The highest BCUT2D eigenvalue weighted by Gasteiger charge is 2.32. The number of hydroxylamine groups is 2. The van der Waals surface area contributed by atoms with Gasteiger partial charge < -0.3 is 9.94 Å². The van der Waals surface area contributed by atoms with E-state index >= 15 is 0 Å². The third-order valence-corrected chi connectivity index (χ3v) is 4.16. The lowest BCUT2D eigenvalue weighted by atomic mass is 10.1. The number of imide groups is 1. The van der Waals surface area contributed by atoms with Gasteiger partial charge in [-0.15, -0.1) is 10.2 Å². The fourth-order valence-electron chi connectivity index (χ4n) is 2.59. The van der Waals surface area contributed by atoms with Crippen molar-refractivity contribution in [3.8, 4) is 5.75 Å². The number of nitrogens with zero attached hydrogens (tertiary/aromatic N) is 3. The van der Waals surface area contributed by atoms with Crippen molar-refractivity contribution in [3.63, 3.8) is 0 Å². The molecule has 0 unspecified atom stereocenters. The van der Waals surface area contributed by atoms with Gasteiger partial charge in [0.05, 0.1) is 12.1 Å². The number of carbonyl (C=O) groups is 4. The molecule has 9 heteroatoms. The summed E-state index contributed by atoms with van der Waals surface area (Å²) < 4.78 is 0. The highest BCUT2D eigenvalue weighted by molar-refractivity contribution is 6.01. The number of aldehydes is 1. The average Bonchev–Trinajstić information content (AvgIpc) is 3.04. The molecule has 0 aliphatic carbocycles. The average molecular weight is 395 g/mol. The monoisotopic (exact) mass is 395 g/mol. The number of rotatable bonds is 7. The molecule has 3 rings (SSSR count). The molecule has 1 aliphatic heterocycles. The minimum atomic E-state index is -0.708. The molecule has 1 N–H and O–H groups in total. The number of aromatic hydroxyl groups is 1. The first kappa shape index (κ1) is 19.9. The number of amides is 2. The van der Waals surface area contributed by atoms with Crippen molar-refractivity contribution in [2.75, 3.05) is 0 Å². The Morgan fingerprint density at radius 1 is 1.07 bits per heavy atom. The van der Waals surface area contributed by atoms with E-state index in [1.54, 1.807) is 36.4 Å². The second-order valence-corrected chi connectivity index (χ2v) is 6.28. The predicted octanol–water partition coefficient (Wildman–Crippen LogP) is 3.16. The van der Waals surface area contributed by atoms with Crippen molar-refractivity contribution in [1.82, 2.24) is 5.06 Å². The zero-order valence-electron chi connectivity index (χ0n) is 15.3. The molecule has 0 aromatic heterocycles. The molecule has 0 atom stereocenters. The summed E-state index contributed by atoms with van der Waals surface area (Å²) in [6.45, 7) is 0. The molecule has 1 heterocycles. The molecule has 1 aliphatic rings. The molecule has 29 heavy (non-hydrogen) atoms. The van der Waals surface area contributed by atoms with Crippen molar-refractivity contribution in [2.24, 2.45) is 10.2 Å². The fourth-order valence-corrected chi connectivity index (χ4v) is 2.59. The van der Waals surface area contributed by atoms with Crippen molar-refractivity contribution in [3.05, 3.63) is 53.6 Å². The van der Waals surface area contributed by atoms with E-state index < -0.39 is 17.8 Å². The topological polar surface area (TPSA) is 126 Å². The number of hydrogen-bond acceptors (Lipinski definition) is 8. The highest BCUT2D eigenvalue weighted by atomic mass is 16.7. The lowest BCUT2D eigenvalue weighted by molar-refractivity contribution is -0.197. The van der Waals surface area contributed by atoms with Gasteiger partial charge in [-0.3, -0.25) is 14.4 Å². The van der Waals surface area contributed by atoms with E-state index in [1.165, 1.54) is 6.07 Å². The zero-order chi connectivity index (χ0) is 20.8. The third-order valence-electron chi connectivity index (χ3n) is 4.16. The summed E-state index contributed by atoms with van der Waals surface area (Å²) >= 11 is 0. The minimum absolute atomic E-state index is 0.0380. The number of hydrogen-bond donors (Lipinski definition) is 1. The molecule has 0 saturated carbocycles. The van der Waals surface area contributed by atoms with E-state index in [0.29, 0.717) is 21.9 Å². The van der Waals surface area contributed by atoms with E-state index in [0.717, 1.165) is 6.29 Å². The van der Waals surface area contributed by atoms with Crippen LogP contribution >= 0.6 is 0 Å². The Hall–Kier alpha value is -3.88. The molecule has 0 spiro atoms. The zero-order valence-corrected chi connectivity index (χ0v) is 15.3. The number of carbonyl (C=O) groups excluding carboxylic acids is 4. The summed E-state index contributed by atoms with van der Waals surface area (Å²) in [4.78, 5) is 50.3. The van der Waals surface area contributed by atoms with E-state index in [9.17, 15) is 24.3 Å². The maximum Gasteiger partial charge on any atom is 0.333 e. The van der Waals surface area contributed by atoms with Gasteiger partial charge in [0.25, 0.3) is 11.8 Å². The summed E-state index contributed by atoms with van der Waals surface area (Å²) in [5, 5.41) is 18.5. The largest absolute Gasteiger partial charge is 0.506 e. The van der Waals surface area contributed by atoms with Gasteiger partial charge >= 0.3 is 5.97 Å². The SMILES string of the molecule is O=Cc1ccc(/N=N/c2cc(CCC(=O)ON3C(=O)CCC3=O)ccc2O)cc1. The molecule has 1 saturated heterocycles. The van der Waals surface area contributed by atoms with Crippen molar-refractivity contribution < 1.29 is 29.1 Å². The van der Waals surface area contributed by atoms with Crippen LogP contribution in [0.3, 0.4) is 0 Å². The van der Waals surface area contributed by atoms with E-state index in [2.05, 4.69) is 10.2 Å². The summed E-state index contributed by atoms with van der Waals surface area (Å²) in [7, 11) is 0. The second kappa shape index (κ2) is 8.87. The van der Waals surface area contributed by atoms with Gasteiger partial charge in [-0.25, -0.2) is 4.79 Å². The molecule has 1 fully saturated rings. The lowest BCUT2D eigenvalue weighted by Crippen LogP contribution is -2.32. The highest BCUT2D eigenvalue weighted by Crippen LogP contribution is 2.29. The lowest BCUT2D eigenvalue weighted by Gasteiger charge is -2.12. The quantitative estimate of drug-likeness (QED) is 0.436.